The van der Waals surface area contributed by atoms with Crippen LogP contribution in [0, 0.1) is 5.82 Å². The standard InChI is InChI=1S/C12H15BrF3N/c1-2-3-17-11(12(15)16)6-8-4-9(13)7-10(14)5-8/h4-5,7,11-12,17H,2-3,6H2,1H3. The summed E-state index contributed by atoms with van der Waals surface area (Å²) in [6.45, 7) is 2.44. The third-order valence-electron chi connectivity index (χ3n) is 2.34. The maximum absolute atomic E-state index is 13.1. The Hall–Kier alpha value is -0.550. The molecule has 0 spiro atoms. The van der Waals surface area contributed by atoms with Gasteiger partial charge in [0.1, 0.15) is 5.82 Å². The van der Waals surface area contributed by atoms with Crippen molar-refractivity contribution >= 4 is 15.9 Å². The van der Waals surface area contributed by atoms with Gasteiger partial charge in [0.05, 0.1) is 6.04 Å². The lowest BCUT2D eigenvalue weighted by atomic mass is 10.1. The predicted molar refractivity (Wildman–Crippen MR) is 65.9 cm³/mol. The minimum Gasteiger partial charge on any atom is -0.309 e. The van der Waals surface area contributed by atoms with Crippen LogP contribution >= 0.6 is 15.9 Å². The summed E-state index contributed by atoms with van der Waals surface area (Å²) in [7, 11) is 0. The monoisotopic (exact) mass is 309 g/mol. The molecule has 5 heteroatoms. The maximum atomic E-state index is 13.1. The van der Waals surface area contributed by atoms with Gasteiger partial charge in [-0.15, -0.1) is 0 Å². The highest BCUT2D eigenvalue weighted by molar-refractivity contribution is 9.10. The molecule has 0 aromatic heterocycles. The van der Waals surface area contributed by atoms with E-state index >= 15 is 0 Å². The highest BCUT2D eigenvalue weighted by atomic mass is 79.9. The lowest BCUT2D eigenvalue weighted by Crippen LogP contribution is -2.38. The van der Waals surface area contributed by atoms with E-state index in [-0.39, 0.29) is 6.42 Å². The minimum atomic E-state index is -2.46. The van der Waals surface area contributed by atoms with Crippen molar-refractivity contribution < 1.29 is 13.2 Å². The fourth-order valence-electron chi connectivity index (χ4n) is 1.56. The molecule has 0 bridgehead atoms. The molecule has 1 N–H and O–H groups in total. The van der Waals surface area contributed by atoms with Gasteiger partial charge in [0.2, 0.25) is 0 Å². The first kappa shape index (κ1) is 14.5. The number of nitrogens with one attached hydrogen (secondary N) is 1. The van der Waals surface area contributed by atoms with Gasteiger partial charge in [0, 0.05) is 4.47 Å². The molecule has 0 saturated heterocycles. The molecule has 0 saturated carbocycles. The molecule has 96 valence electrons. The maximum Gasteiger partial charge on any atom is 0.254 e. The third-order valence-corrected chi connectivity index (χ3v) is 2.80. The third kappa shape index (κ3) is 5.08. The van der Waals surface area contributed by atoms with Crippen LogP contribution in [-0.2, 0) is 6.42 Å². The van der Waals surface area contributed by atoms with Gasteiger partial charge < -0.3 is 5.32 Å². The Morgan fingerprint density at radius 3 is 2.53 bits per heavy atom. The molecule has 1 unspecified atom stereocenters. The van der Waals surface area contributed by atoms with Crippen molar-refractivity contribution in [2.24, 2.45) is 0 Å². The van der Waals surface area contributed by atoms with Crippen molar-refractivity contribution in [2.45, 2.75) is 32.2 Å². The molecular weight excluding hydrogens is 295 g/mol. The van der Waals surface area contributed by atoms with Crippen LogP contribution in [0.4, 0.5) is 13.2 Å². The fourth-order valence-corrected chi connectivity index (χ4v) is 2.08. The molecule has 1 rings (SSSR count). The summed E-state index contributed by atoms with van der Waals surface area (Å²) in [6, 6.07) is 3.32. The van der Waals surface area contributed by atoms with E-state index in [9.17, 15) is 13.2 Å². The summed E-state index contributed by atoms with van der Waals surface area (Å²) in [6.07, 6.45) is -1.55. The van der Waals surface area contributed by atoms with Gasteiger partial charge in [-0.25, -0.2) is 13.2 Å². The van der Waals surface area contributed by atoms with Crippen molar-refractivity contribution in [3.8, 4) is 0 Å². The van der Waals surface area contributed by atoms with Gasteiger partial charge in [-0.2, -0.15) is 0 Å². The molecule has 0 aliphatic carbocycles. The van der Waals surface area contributed by atoms with Crippen LogP contribution in [0.3, 0.4) is 0 Å². The molecule has 1 nitrogen and oxygen atoms in total. The average Bonchev–Trinajstić information content (AvgIpc) is 2.22. The van der Waals surface area contributed by atoms with Crippen LogP contribution in [0.15, 0.2) is 22.7 Å². The van der Waals surface area contributed by atoms with Gasteiger partial charge in [-0.1, -0.05) is 22.9 Å². The normalized spacial score (nSPS) is 13.1. The molecular formula is C12H15BrF3N. The summed E-state index contributed by atoms with van der Waals surface area (Å²) >= 11 is 3.14. The number of benzene rings is 1. The molecule has 0 aliphatic rings. The molecule has 0 heterocycles. The van der Waals surface area contributed by atoms with Crippen molar-refractivity contribution in [1.29, 1.82) is 0 Å². The molecule has 0 amide bonds. The molecule has 1 aromatic carbocycles. The van der Waals surface area contributed by atoms with Crippen molar-refractivity contribution in [1.82, 2.24) is 5.32 Å². The van der Waals surface area contributed by atoms with E-state index in [4.69, 9.17) is 0 Å². The van der Waals surface area contributed by atoms with Crippen LogP contribution in [0.5, 0.6) is 0 Å². The minimum absolute atomic E-state index is 0.119. The van der Waals surface area contributed by atoms with E-state index < -0.39 is 18.3 Å². The molecule has 1 atom stereocenters. The largest absolute Gasteiger partial charge is 0.309 e. The summed E-state index contributed by atoms with van der Waals surface area (Å²) in [4.78, 5) is 0. The zero-order valence-corrected chi connectivity index (χ0v) is 11.1. The van der Waals surface area contributed by atoms with E-state index in [0.29, 0.717) is 16.6 Å². The van der Waals surface area contributed by atoms with Crippen LogP contribution in [0.1, 0.15) is 18.9 Å². The van der Waals surface area contributed by atoms with Gasteiger partial charge in [-0.3, -0.25) is 0 Å². The molecule has 17 heavy (non-hydrogen) atoms. The number of hydrogen-bond donors (Lipinski definition) is 1. The second-order valence-corrected chi connectivity index (χ2v) is 4.79. The van der Waals surface area contributed by atoms with E-state index in [0.717, 1.165) is 6.42 Å². The Morgan fingerprint density at radius 2 is 2.00 bits per heavy atom. The Labute approximate surface area is 108 Å². The lowest BCUT2D eigenvalue weighted by Gasteiger charge is -2.17. The van der Waals surface area contributed by atoms with Crippen LogP contribution < -0.4 is 5.32 Å². The topological polar surface area (TPSA) is 12.0 Å². The summed E-state index contributed by atoms with van der Waals surface area (Å²) < 4.78 is 39.1. The first-order chi connectivity index (χ1) is 8.02. The van der Waals surface area contributed by atoms with E-state index in [1.807, 2.05) is 6.92 Å². The highest BCUT2D eigenvalue weighted by Gasteiger charge is 2.20. The van der Waals surface area contributed by atoms with Crippen molar-refractivity contribution in [2.75, 3.05) is 6.54 Å². The van der Waals surface area contributed by atoms with Gasteiger partial charge in [0.15, 0.2) is 0 Å². The van der Waals surface area contributed by atoms with Crippen molar-refractivity contribution in [3.63, 3.8) is 0 Å². The number of hydrogen-bond acceptors (Lipinski definition) is 1. The quantitative estimate of drug-likeness (QED) is 0.843. The Kier molecular flexibility index (Phi) is 5.98. The number of halogens is 4. The zero-order chi connectivity index (χ0) is 12.8. The summed E-state index contributed by atoms with van der Waals surface area (Å²) in [5.41, 5.74) is 0.561. The first-order valence-electron chi connectivity index (χ1n) is 5.49. The van der Waals surface area contributed by atoms with Gasteiger partial charge in [0.25, 0.3) is 6.43 Å². The zero-order valence-electron chi connectivity index (χ0n) is 9.52. The molecule has 0 aliphatic heterocycles. The molecule has 0 radical (unpaired) electrons. The van der Waals surface area contributed by atoms with Gasteiger partial charge in [-0.05, 0) is 43.1 Å². The van der Waals surface area contributed by atoms with Crippen LogP contribution in [0.2, 0.25) is 0 Å². The van der Waals surface area contributed by atoms with Crippen molar-refractivity contribution in [3.05, 3.63) is 34.1 Å². The van der Waals surface area contributed by atoms with Crippen LogP contribution in [0.25, 0.3) is 0 Å². The van der Waals surface area contributed by atoms with E-state index in [1.165, 1.54) is 12.1 Å². The summed E-state index contributed by atoms with van der Waals surface area (Å²) in [5, 5.41) is 2.77. The molecule has 0 fully saturated rings. The SMILES string of the molecule is CCCNC(Cc1cc(F)cc(Br)c1)C(F)F. The van der Waals surface area contributed by atoms with E-state index in [1.54, 1.807) is 6.07 Å². The number of alkyl halides is 2. The smallest absolute Gasteiger partial charge is 0.254 e. The predicted octanol–water partition coefficient (Wildman–Crippen LogP) is 3.76. The first-order valence-corrected chi connectivity index (χ1v) is 6.28. The van der Waals surface area contributed by atoms with Crippen LogP contribution in [-0.4, -0.2) is 19.0 Å². The number of rotatable bonds is 6. The van der Waals surface area contributed by atoms with E-state index in [2.05, 4.69) is 21.2 Å². The lowest BCUT2D eigenvalue weighted by molar-refractivity contribution is 0.0982. The Balaban J connectivity index is 2.71. The van der Waals surface area contributed by atoms with Gasteiger partial charge >= 0.3 is 0 Å². The summed E-state index contributed by atoms with van der Waals surface area (Å²) in [5.74, 6) is -0.419. The fraction of sp³-hybridized carbons (Fsp3) is 0.500. The Morgan fingerprint density at radius 1 is 1.29 bits per heavy atom. The highest BCUT2D eigenvalue weighted by Crippen LogP contribution is 2.17. The average molecular weight is 310 g/mol. The second-order valence-electron chi connectivity index (χ2n) is 3.88. The second kappa shape index (κ2) is 7.01. The Bertz CT molecular complexity index is 337. The molecule has 1 aromatic rings.